The maximum Gasteiger partial charge on any atom is 0.243 e. The van der Waals surface area contributed by atoms with E-state index in [0.29, 0.717) is 31.8 Å². The molecule has 0 bridgehead atoms. The van der Waals surface area contributed by atoms with Crippen molar-refractivity contribution in [1.29, 1.82) is 10.5 Å². The van der Waals surface area contributed by atoms with Crippen LogP contribution in [0, 0.1) is 28.1 Å². The van der Waals surface area contributed by atoms with Crippen molar-refractivity contribution < 1.29 is 4.79 Å². The monoisotopic (exact) mass is 217 g/mol. The lowest BCUT2D eigenvalue weighted by Crippen LogP contribution is -2.48. The van der Waals surface area contributed by atoms with Crippen molar-refractivity contribution in [3.63, 3.8) is 0 Å². The number of nitrogens with zero attached hydrogens (tertiary/aromatic N) is 3. The van der Waals surface area contributed by atoms with Crippen molar-refractivity contribution in [2.45, 2.75) is 44.6 Å². The normalized spacial score (nSPS) is 21.4. The zero-order chi connectivity index (χ0) is 11.6. The number of rotatable bonds is 4. The molecule has 2 rings (SSSR count). The molecule has 0 atom stereocenters. The van der Waals surface area contributed by atoms with E-state index in [2.05, 4.69) is 12.1 Å². The van der Waals surface area contributed by atoms with E-state index in [9.17, 15) is 4.79 Å². The van der Waals surface area contributed by atoms with Gasteiger partial charge < -0.3 is 4.90 Å². The fraction of sp³-hybridized carbons (Fsp3) is 0.750. The molecule has 0 aromatic rings. The first kappa shape index (κ1) is 11.0. The predicted molar refractivity (Wildman–Crippen MR) is 56.9 cm³/mol. The molecular formula is C12H15N3O. The number of nitriles is 2. The number of amides is 1. The van der Waals surface area contributed by atoms with Crippen molar-refractivity contribution in [1.82, 2.24) is 4.90 Å². The Labute approximate surface area is 95.4 Å². The van der Waals surface area contributed by atoms with E-state index >= 15 is 0 Å². The molecule has 0 aromatic carbocycles. The molecule has 0 saturated heterocycles. The lowest BCUT2D eigenvalue weighted by Gasteiger charge is -2.38. The number of hydrogen-bond donors (Lipinski definition) is 0. The van der Waals surface area contributed by atoms with Gasteiger partial charge >= 0.3 is 0 Å². The summed E-state index contributed by atoms with van der Waals surface area (Å²) in [5, 5.41) is 17.7. The Kier molecular flexibility index (Phi) is 2.83. The van der Waals surface area contributed by atoms with E-state index in [1.54, 1.807) is 4.90 Å². The van der Waals surface area contributed by atoms with Crippen LogP contribution in [-0.2, 0) is 4.79 Å². The van der Waals surface area contributed by atoms with Crippen LogP contribution < -0.4 is 0 Å². The minimum absolute atomic E-state index is 0.0287. The van der Waals surface area contributed by atoms with Gasteiger partial charge in [-0.2, -0.15) is 10.5 Å². The van der Waals surface area contributed by atoms with Gasteiger partial charge in [-0.05, 0) is 32.1 Å². The molecule has 0 aromatic heterocycles. The maximum atomic E-state index is 12.3. The Morgan fingerprint density at radius 2 is 2.06 bits per heavy atom. The van der Waals surface area contributed by atoms with Crippen LogP contribution in [0.5, 0.6) is 0 Å². The second kappa shape index (κ2) is 4.14. The molecule has 0 unspecified atom stereocenters. The number of carbonyl (C=O) groups excluding carboxylic acids is 1. The molecule has 0 radical (unpaired) electrons. The molecular weight excluding hydrogens is 202 g/mol. The van der Waals surface area contributed by atoms with Gasteiger partial charge in [0.05, 0.1) is 18.6 Å². The summed E-state index contributed by atoms with van der Waals surface area (Å²) in [6.07, 6.45) is 4.77. The molecule has 4 heteroatoms. The molecule has 0 N–H and O–H groups in total. The molecule has 84 valence electrons. The topological polar surface area (TPSA) is 67.9 Å². The van der Waals surface area contributed by atoms with Crippen LogP contribution >= 0.6 is 0 Å². The van der Waals surface area contributed by atoms with Crippen molar-refractivity contribution in [2.75, 3.05) is 6.54 Å². The van der Waals surface area contributed by atoms with E-state index in [-0.39, 0.29) is 5.91 Å². The molecule has 0 heterocycles. The summed E-state index contributed by atoms with van der Waals surface area (Å²) in [7, 11) is 0. The summed E-state index contributed by atoms with van der Waals surface area (Å²) in [4.78, 5) is 14.0. The molecule has 16 heavy (non-hydrogen) atoms. The van der Waals surface area contributed by atoms with E-state index in [1.165, 1.54) is 0 Å². The first-order chi connectivity index (χ1) is 7.73. The van der Waals surface area contributed by atoms with Crippen LogP contribution in [-0.4, -0.2) is 23.4 Å². The fourth-order valence-electron chi connectivity index (χ4n) is 2.19. The lowest BCUT2D eigenvalue weighted by atomic mass is 9.69. The zero-order valence-corrected chi connectivity index (χ0v) is 9.28. The molecule has 2 saturated carbocycles. The fourth-order valence-corrected chi connectivity index (χ4v) is 2.19. The summed E-state index contributed by atoms with van der Waals surface area (Å²) in [6, 6.07) is 4.54. The number of hydrogen-bond acceptors (Lipinski definition) is 3. The summed E-state index contributed by atoms with van der Waals surface area (Å²) in [5.74, 6) is -0.0287. The van der Waals surface area contributed by atoms with Gasteiger partial charge in [-0.15, -0.1) is 0 Å². The Bertz CT molecular complexity index is 369. The second-order valence-electron chi connectivity index (χ2n) is 4.69. The summed E-state index contributed by atoms with van der Waals surface area (Å²) in [5.41, 5.74) is -0.752. The Morgan fingerprint density at radius 3 is 2.44 bits per heavy atom. The highest BCUT2D eigenvalue weighted by Crippen LogP contribution is 2.43. The van der Waals surface area contributed by atoms with Crippen molar-refractivity contribution in [3.8, 4) is 12.1 Å². The first-order valence-electron chi connectivity index (χ1n) is 5.83. The van der Waals surface area contributed by atoms with Gasteiger partial charge in [-0.1, -0.05) is 0 Å². The van der Waals surface area contributed by atoms with Gasteiger partial charge in [0.15, 0.2) is 0 Å². The maximum absolute atomic E-state index is 12.3. The Balaban J connectivity index is 2.05. The highest BCUT2D eigenvalue weighted by Gasteiger charge is 2.49. The highest BCUT2D eigenvalue weighted by atomic mass is 16.2. The molecule has 2 aliphatic carbocycles. The molecule has 2 aliphatic rings. The van der Waals surface area contributed by atoms with Crippen LogP contribution in [0.4, 0.5) is 0 Å². The van der Waals surface area contributed by atoms with Crippen LogP contribution in [0.2, 0.25) is 0 Å². The van der Waals surface area contributed by atoms with Gasteiger partial charge in [0.2, 0.25) is 5.91 Å². The van der Waals surface area contributed by atoms with Crippen molar-refractivity contribution in [3.05, 3.63) is 0 Å². The van der Waals surface area contributed by atoms with Gasteiger partial charge in [0.25, 0.3) is 0 Å². The third-order valence-electron chi connectivity index (χ3n) is 3.54. The van der Waals surface area contributed by atoms with Crippen molar-refractivity contribution in [2.24, 2.45) is 5.41 Å². The Morgan fingerprint density at radius 1 is 1.38 bits per heavy atom. The molecule has 2 fully saturated rings. The van der Waals surface area contributed by atoms with Gasteiger partial charge in [-0.25, -0.2) is 0 Å². The van der Waals surface area contributed by atoms with Crippen LogP contribution in [0.3, 0.4) is 0 Å². The van der Waals surface area contributed by atoms with E-state index < -0.39 is 5.41 Å². The number of carbonyl (C=O) groups is 1. The predicted octanol–water partition coefficient (Wildman–Crippen LogP) is 1.58. The second-order valence-corrected chi connectivity index (χ2v) is 4.69. The molecule has 1 amide bonds. The molecule has 0 spiro atoms. The van der Waals surface area contributed by atoms with Gasteiger partial charge in [0, 0.05) is 12.6 Å². The molecule has 0 aliphatic heterocycles. The average molecular weight is 217 g/mol. The summed E-state index contributed by atoms with van der Waals surface area (Å²) >= 11 is 0. The summed E-state index contributed by atoms with van der Waals surface area (Å²) < 4.78 is 0. The van der Waals surface area contributed by atoms with Gasteiger partial charge in [-0.3, -0.25) is 4.79 Å². The SMILES string of the molecule is N#CCCN(C(=O)C1(C#N)CCC1)C1CC1. The zero-order valence-electron chi connectivity index (χ0n) is 9.28. The third kappa shape index (κ3) is 1.76. The average Bonchev–Trinajstić information content (AvgIpc) is 3.02. The van der Waals surface area contributed by atoms with E-state index in [1.807, 2.05) is 0 Å². The van der Waals surface area contributed by atoms with Gasteiger partial charge in [0.1, 0.15) is 5.41 Å². The lowest BCUT2D eigenvalue weighted by molar-refractivity contribution is -0.143. The van der Waals surface area contributed by atoms with E-state index in [0.717, 1.165) is 19.3 Å². The van der Waals surface area contributed by atoms with Crippen molar-refractivity contribution >= 4 is 5.91 Å². The minimum atomic E-state index is -0.752. The third-order valence-corrected chi connectivity index (χ3v) is 3.54. The minimum Gasteiger partial charge on any atom is -0.337 e. The quantitative estimate of drug-likeness (QED) is 0.718. The smallest absolute Gasteiger partial charge is 0.243 e. The Hall–Kier alpha value is -1.55. The summed E-state index contributed by atoms with van der Waals surface area (Å²) in [6.45, 7) is 0.490. The first-order valence-corrected chi connectivity index (χ1v) is 5.83. The van der Waals surface area contributed by atoms with Crippen LogP contribution in [0.1, 0.15) is 38.5 Å². The molecule has 4 nitrogen and oxygen atoms in total. The van der Waals surface area contributed by atoms with E-state index in [4.69, 9.17) is 10.5 Å². The van der Waals surface area contributed by atoms with Crippen LogP contribution in [0.25, 0.3) is 0 Å². The highest BCUT2D eigenvalue weighted by molar-refractivity contribution is 5.87. The van der Waals surface area contributed by atoms with Crippen LogP contribution in [0.15, 0.2) is 0 Å². The standard InChI is InChI=1S/C12H15N3O/c13-7-2-8-15(10-3-4-10)11(16)12(9-14)5-1-6-12/h10H,1-6,8H2. The largest absolute Gasteiger partial charge is 0.337 e.